The van der Waals surface area contributed by atoms with Crippen LogP contribution in [-0.4, -0.2) is 45.5 Å². The molecule has 380 valence electrons. The molecule has 0 aromatic heterocycles. The molecule has 0 amide bonds. The van der Waals surface area contributed by atoms with Gasteiger partial charge in [0, 0.05) is 40.1 Å². The number of aliphatic imine (C=N–C) groups is 1. The van der Waals surface area contributed by atoms with Gasteiger partial charge in [-0.1, -0.05) is 181 Å². The van der Waals surface area contributed by atoms with Crippen LogP contribution in [0.4, 0.5) is 11.4 Å². The number of hydrogen-bond donors (Lipinski definition) is 2. The van der Waals surface area contributed by atoms with Gasteiger partial charge in [-0.05, 0) is 75.8 Å². The Bertz CT molecular complexity index is 2000. The van der Waals surface area contributed by atoms with Crippen LogP contribution in [0.5, 0.6) is 17.2 Å². The normalized spacial score (nSPS) is 13.8. The fraction of sp³-hybridized carbons (Fsp3) is 0.667. The van der Waals surface area contributed by atoms with E-state index in [1.54, 1.807) is 0 Å². The Kier molecular flexibility index (Phi) is 20.7. The summed E-state index contributed by atoms with van der Waals surface area (Å²) in [5.41, 5.74) is -0.241. The number of non-ortho nitro benzene ring substituents is 1. The fourth-order valence-corrected chi connectivity index (χ4v) is 8.88. The minimum atomic E-state index is -1.89. The molecule has 11 nitrogen and oxygen atoms in total. The second-order valence-electron chi connectivity index (χ2n) is 23.3. The maximum atomic E-state index is 14.5. The molecule has 3 aromatic carbocycles. The molecule has 3 rings (SSSR count). The molecule has 2 atom stereocenters. The molecule has 0 spiro atoms. The smallest absolute Gasteiger partial charge is 0.318 e. The third kappa shape index (κ3) is 15.0. The lowest BCUT2D eigenvalue weighted by Crippen LogP contribution is -2.44. The largest absolute Gasteiger partial charge is 0.502 e. The minimum Gasteiger partial charge on any atom is -0.502 e. The number of nitro groups is 2. The Labute approximate surface area is 410 Å². The lowest BCUT2D eigenvalue weighted by atomic mass is 9.68. The third-order valence-electron chi connectivity index (χ3n) is 13.3. The highest BCUT2D eigenvalue weighted by atomic mass is 16.6. The van der Waals surface area contributed by atoms with Crippen molar-refractivity contribution in [1.29, 1.82) is 0 Å². The maximum absolute atomic E-state index is 14.5. The first-order valence-electron chi connectivity index (χ1n) is 25.6. The highest BCUT2D eigenvalue weighted by Crippen LogP contribution is 2.50. The molecule has 0 heterocycles. The number of nitro benzene ring substituents is 2. The molecule has 68 heavy (non-hydrogen) atoms. The molecule has 0 aliphatic rings. The van der Waals surface area contributed by atoms with Crippen molar-refractivity contribution < 1.29 is 29.5 Å². The van der Waals surface area contributed by atoms with Crippen LogP contribution in [0, 0.1) is 26.1 Å². The van der Waals surface area contributed by atoms with Crippen LogP contribution < -0.4 is 9.47 Å². The van der Waals surface area contributed by atoms with E-state index in [-0.39, 0.29) is 11.5 Å². The van der Waals surface area contributed by atoms with Crippen LogP contribution in [0.25, 0.3) is 0 Å². The molecule has 0 radical (unpaired) electrons. The van der Waals surface area contributed by atoms with Crippen molar-refractivity contribution in [1.82, 2.24) is 0 Å². The Morgan fingerprint density at radius 3 is 1.28 bits per heavy atom. The number of unbranched alkanes of at least 4 members (excludes halogenated alkanes) is 10. The van der Waals surface area contributed by atoms with E-state index in [1.807, 2.05) is 13.8 Å². The fourth-order valence-electron chi connectivity index (χ4n) is 8.88. The zero-order valence-electron chi connectivity index (χ0n) is 45.0. The van der Waals surface area contributed by atoms with Crippen molar-refractivity contribution in [2.24, 2.45) is 10.9 Å². The summed E-state index contributed by atoms with van der Waals surface area (Å²) in [5, 5.41) is 49.8. The van der Waals surface area contributed by atoms with Crippen LogP contribution in [0.3, 0.4) is 0 Å². The quantitative estimate of drug-likeness (QED) is 0.0368. The van der Waals surface area contributed by atoms with Gasteiger partial charge in [-0.3, -0.25) is 25.2 Å². The van der Waals surface area contributed by atoms with E-state index in [1.165, 1.54) is 44.7 Å². The van der Waals surface area contributed by atoms with Gasteiger partial charge >= 0.3 is 5.69 Å². The number of phenolic OH excluding ortho intramolecular Hbond substituents is 1. The van der Waals surface area contributed by atoms with Gasteiger partial charge in [-0.15, -0.1) is 0 Å². The van der Waals surface area contributed by atoms with Crippen LogP contribution in [0.15, 0.2) is 41.4 Å². The summed E-state index contributed by atoms with van der Waals surface area (Å²) in [4.78, 5) is 27.6. The molecule has 11 heteroatoms. The molecule has 0 saturated carbocycles. The van der Waals surface area contributed by atoms with Gasteiger partial charge in [-0.2, -0.15) is 0 Å². The molecular formula is C57H89N3O8. The van der Waals surface area contributed by atoms with Crippen molar-refractivity contribution in [3.05, 3.63) is 95.6 Å². The zero-order valence-corrected chi connectivity index (χ0v) is 45.0. The predicted octanol–water partition coefficient (Wildman–Crippen LogP) is 15.6. The molecule has 3 aromatic rings. The number of benzene rings is 3. The Morgan fingerprint density at radius 2 is 0.956 bits per heavy atom. The number of hydrogen-bond acceptors (Lipinski definition) is 9. The van der Waals surface area contributed by atoms with E-state index >= 15 is 0 Å². The van der Waals surface area contributed by atoms with E-state index in [0.717, 1.165) is 84.4 Å². The highest BCUT2D eigenvalue weighted by molar-refractivity contribution is 5.87. The number of aliphatic hydroxyl groups is 1. The Morgan fingerprint density at radius 1 is 0.588 bits per heavy atom. The average molecular weight is 944 g/mol. The summed E-state index contributed by atoms with van der Waals surface area (Å²) in [5.74, 6) is 0.550. The summed E-state index contributed by atoms with van der Waals surface area (Å²) < 4.78 is 13.7. The predicted molar refractivity (Wildman–Crippen MR) is 281 cm³/mol. The second-order valence-corrected chi connectivity index (χ2v) is 23.3. The molecule has 0 bridgehead atoms. The third-order valence-corrected chi connectivity index (χ3v) is 13.3. The first-order valence-corrected chi connectivity index (χ1v) is 25.6. The maximum Gasteiger partial charge on any atom is 0.318 e. The number of aromatic hydroxyl groups is 1. The van der Waals surface area contributed by atoms with Crippen molar-refractivity contribution in [3.63, 3.8) is 0 Å². The second kappa shape index (κ2) is 24.4. The monoisotopic (exact) mass is 944 g/mol. The van der Waals surface area contributed by atoms with E-state index in [0.29, 0.717) is 30.8 Å². The molecule has 0 aliphatic carbocycles. The SMILES string of the molecule is CCCCCCCCOc1c(C(C)(C)C)cc(C(O)(c2cc(C(C)(C)C)c(OCCCCCCCC)c(C(C)(C)C)c2)C(N=Cc2cc([N+](=O)[O-])cc([N+](=O)[O-])c2O)C(C)CC)cc1C(C)(C)C. The molecule has 0 aliphatic heterocycles. The lowest BCUT2D eigenvalue weighted by molar-refractivity contribution is -0.394. The molecule has 0 fully saturated rings. The lowest BCUT2D eigenvalue weighted by Gasteiger charge is -2.42. The van der Waals surface area contributed by atoms with Crippen LogP contribution in [-0.2, 0) is 27.3 Å². The minimum absolute atomic E-state index is 0.199. The highest BCUT2D eigenvalue weighted by Gasteiger charge is 2.46. The first-order chi connectivity index (χ1) is 31.5. The van der Waals surface area contributed by atoms with Gasteiger partial charge in [0.05, 0.1) is 35.2 Å². The zero-order chi connectivity index (χ0) is 51.4. The van der Waals surface area contributed by atoms with Gasteiger partial charge < -0.3 is 19.7 Å². The number of phenols is 1. The van der Waals surface area contributed by atoms with Gasteiger partial charge in [0.2, 0.25) is 5.75 Å². The summed E-state index contributed by atoms with van der Waals surface area (Å²) in [7, 11) is 0. The van der Waals surface area contributed by atoms with Gasteiger partial charge in [0.25, 0.3) is 5.69 Å². The first kappa shape index (κ1) is 57.8. The summed E-state index contributed by atoms with van der Waals surface area (Å²) >= 11 is 0. The Balaban J connectivity index is 2.59. The van der Waals surface area contributed by atoms with E-state index < -0.39 is 60.3 Å². The summed E-state index contributed by atoms with van der Waals surface area (Å²) in [6, 6.07) is 9.13. The van der Waals surface area contributed by atoms with Crippen molar-refractivity contribution >= 4 is 17.6 Å². The van der Waals surface area contributed by atoms with Gasteiger partial charge in [-0.25, -0.2) is 0 Å². The van der Waals surface area contributed by atoms with Gasteiger partial charge in [0.1, 0.15) is 17.1 Å². The van der Waals surface area contributed by atoms with Crippen LogP contribution in [0.2, 0.25) is 0 Å². The van der Waals surface area contributed by atoms with Crippen molar-refractivity contribution in [2.45, 2.75) is 228 Å². The number of nitrogens with zero attached hydrogens (tertiary/aromatic N) is 3. The van der Waals surface area contributed by atoms with Crippen molar-refractivity contribution in [2.75, 3.05) is 13.2 Å². The van der Waals surface area contributed by atoms with Crippen LogP contribution in [0.1, 0.15) is 233 Å². The van der Waals surface area contributed by atoms with E-state index in [4.69, 9.17) is 14.5 Å². The summed E-state index contributed by atoms with van der Waals surface area (Å²) in [6.45, 7) is 35.4. The van der Waals surface area contributed by atoms with Gasteiger partial charge in [0.15, 0.2) is 0 Å². The average Bonchev–Trinajstić information content (AvgIpc) is 3.24. The molecule has 2 unspecified atom stereocenters. The standard InChI is InChI=1S/C57H89N3O8/c1-17-20-22-24-26-28-30-67-50-44(53(5,6)7)33-41(34-45(50)54(8,9)10)57(62,52(39(4)19-3)58-38-40-32-43(59(63)64)37-48(49(40)61)60(65)66)42-35-46(55(11,12)13)51(47(36-42)56(14,15)16)68-31-29-27-25-23-21-18-2/h32-39,52,61-62H,17-31H2,1-16H3. The van der Waals surface area contributed by atoms with Crippen LogP contribution >= 0.6 is 0 Å². The molecule has 2 N–H and O–H groups in total. The molecule has 0 saturated heterocycles. The Hall–Kier alpha value is -4.51. The van der Waals surface area contributed by atoms with E-state index in [2.05, 4.69) is 121 Å². The summed E-state index contributed by atoms with van der Waals surface area (Å²) in [6.07, 6.45) is 15.4. The van der Waals surface area contributed by atoms with Crippen molar-refractivity contribution in [3.8, 4) is 17.2 Å². The van der Waals surface area contributed by atoms with E-state index in [9.17, 15) is 30.4 Å². The number of ether oxygens (including phenoxy) is 2. The number of rotatable bonds is 25. The topological polar surface area (TPSA) is 158 Å². The molecular weight excluding hydrogens is 855 g/mol.